The Hall–Kier alpha value is -1.05. The normalized spacial score (nSPS) is 11.6. The third-order valence-corrected chi connectivity index (χ3v) is 1.69. The van der Waals surface area contributed by atoms with Gasteiger partial charge in [-0.25, -0.2) is 0 Å². The minimum Gasteiger partial charge on any atom is -0.342 e. The van der Waals surface area contributed by atoms with Gasteiger partial charge in [-0.3, -0.25) is 4.79 Å². The predicted octanol–water partition coefficient (Wildman–Crippen LogP) is 2.23. The van der Waals surface area contributed by atoms with Crippen LogP contribution in [0.15, 0.2) is 24.3 Å². The van der Waals surface area contributed by atoms with Crippen molar-refractivity contribution >= 4 is 5.91 Å². The van der Waals surface area contributed by atoms with Crippen LogP contribution in [0.2, 0.25) is 0 Å². The highest BCUT2D eigenvalue weighted by Gasteiger charge is 2.10. The third-order valence-electron chi connectivity index (χ3n) is 1.69. The molecule has 0 rings (SSSR count). The molecular formula is C11H19NO. The molecule has 1 amide bonds. The zero-order valence-electron chi connectivity index (χ0n) is 9.00. The maximum atomic E-state index is 11.6. The van der Waals surface area contributed by atoms with Gasteiger partial charge in [0.05, 0.1) is 0 Å². The lowest BCUT2D eigenvalue weighted by Gasteiger charge is -2.19. The van der Waals surface area contributed by atoms with E-state index >= 15 is 0 Å². The molecule has 74 valence electrons. The molecule has 0 aromatic rings. The molecule has 0 aliphatic heterocycles. The second kappa shape index (κ2) is 5.57. The van der Waals surface area contributed by atoms with E-state index in [-0.39, 0.29) is 5.91 Å². The van der Waals surface area contributed by atoms with E-state index in [0.29, 0.717) is 5.92 Å². The fourth-order valence-corrected chi connectivity index (χ4v) is 1.18. The molecule has 0 aliphatic carbocycles. The molecule has 0 saturated carbocycles. The summed E-state index contributed by atoms with van der Waals surface area (Å²) in [6, 6.07) is 0. The summed E-state index contributed by atoms with van der Waals surface area (Å²) < 4.78 is 0. The van der Waals surface area contributed by atoms with Gasteiger partial charge >= 0.3 is 0 Å². The standard InChI is InChI=1S/C11H19NO/c1-6-7-10(4)11(13)12(5)8-9(2)3/h6-7,9H,1,8H2,2-5H3/b10-7+. The van der Waals surface area contributed by atoms with E-state index in [1.807, 2.05) is 7.05 Å². The molecule has 0 unspecified atom stereocenters. The molecule has 0 aliphatic rings. The third kappa shape index (κ3) is 4.51. The average molecular weight is 181 g/mol. The second-order valence-corrected chi connectivity index (χ2v) is 3.66. The van der Waals surface area contributed by atoms with E-state index in [0.717, 1.165) is 12.1 Å². The molecular weight excluding hydrogens is 162 g/mol. The van der Waals surface area contributed by atoms with Crippen molar-refractivity contribution < 1.29 is 4.79 Å². The van der Waals surface area contributed by atoms with E-state index in [1.165, 1.54) is 0 Å². The number of nitrogens with zero attached hydrogens (tertiary/aromatic N) is 1. The number of hydrogen-bond donors (Lipinski definition) is 0. The van der Waals surface area contributed by atoms with Crippen LogP contribution in [0.3, 0.4) is 0 Å². The van der Waals surface area contributed by atoms with Crippen molar-refractivity contribution in [3.63, 3.8) is 0 Å². The summed E-state index contributed by atoms with van der Waals surface area (Å²) in [7, 11) is 1.82. The van der Waals surface area contributed by atoms with E-state index in [9.17, 15) is 4.79 Å². The van der Waals surface area contributed by atoms with Gasteiger partial charge in [-0.2, -0.15) is 0 Å². The molecule has 0 N–H and O–H groups in total. The topological polar surface area (TPSA) is 20.3 Å². The first kappa shape index (κ1) is 11.9. The first-order chi connectivity index (χ1) is 5.99. The number of likely N-dealkylation sites (N-methyl/N-ethyl adjacent to an activating group) is 1. The zero-order valence-corrected chi connectivity index (χ0v) is 9.00. The molecule has 13 heavy (non-hydrogen) atoms. The second-order valence-electron chi connectivity index (χ2n) is 3.66. The Morgan fingerprint density at radius 1 is 1.54 bits per heavy atom. The van der Waals surface area contributed by atoms with E-state index < -0.39 is 0 Å². The van der Waals surface area contributed by atoms with Crippen LogP contribution in [-0.4, -0.2) is 24.4 Å². The average Bonchev–Trinajstić information content (AvgIpc) is 2.02. The van der Waals surface area contributed by atoms with Crippen molar-refractivity contribution in [2.75, 3.05) is 13.6 Å². The molecule has 0 heterocycles. The lowest BCUT2D eigenvalue weighted by molar-refractivity contribution is -0.126. The van der Waals surface area contributed by atoms with E-state index in [4.69, 9.17) is 0 Å². The van der Waals surface area contributed by atoms with Gasteiger partial charge in [-0.1, -0.05) is 32.6 Å². The lowest BCUT2D eigenvalue weighted by atomic mass is 10.2. The summed E-state index contributed by atoms with van der Waals surface area (Å²) in [6.45, 7) is 10.3. The van der Waals surface area contributed by atoms with Crippen molar-refractivity contribution in [3.8, 4) is 0 Å². The highest BCUT2D eigenvalue weighted by molar-refractivity contribution is 5.92. The maximum absolute atomic E-state index is 11.6. The van der Waals surface area contributed by atoms with Gasteiger partial charge in [0.1, 0.15) is 0 Å². The van der Waals surface area contributed by atoms with Crippen LogP contribution < -0.4 is 0 Å². The number of allylic oxidation sites excluding steroid dienone is 2. The van der Waals surface area contributed by atoms with E-state index in [1.54, 1.807) is 24.0 Å². The fourth-order valence-electron chi connectivity index (χ4n) is 1.18. The van der Waals surface area contributed by atoms with Gasteiger partial charge < -0.3 is 4.90 Å². The summed E-state index contributed by atoms with van der Waals surface area (Å²) in [6.07, 6.45) is 3.37. The van der Waals surface area contributed by atoms with Crippen LogP contribution in [0.5, 0.6) is 0 Å². The Balaban J connectivity index is 4.25. The molecule has 2 nitrogen and oxygen atoms in total. The molecule has 2 heteroatoms. The SMILES string of the molecule is C=C/C=C(\C)C(=O)N(C)CC(C)C. The van der Waals surface area contributed by atoms with Gasteiger partial charge in [0.2, 0.25) is 5.91 Å². The smallest absolute Gasteiger partial charge is 0.249 e. The quantitative estimate of drug-likeness (QED) is 0.481. The molecule has 0 spiro atoms. The molecule has 0 saturated heterocycles. The summed E-state index contributed by atoms with van der Waals surface area (Å²) in [5.41, 5.74) is 0.734. The van der Waals surface area contributed by atoms with Gasteiger partial charge in [0.25, 0.3) is 0 Å². The molecule has 0 radical (unpaired) electrons. The Labute approximate surface area is 80.9 Å². The molecule has 0 fully saturated rings. The van der Waals surface area contributed by atoms with Crippen LogP contribution in [0.4, 0.5) is 0 Å². The highest BCUT2D eigenvalue weighted by Crippen LogP contribution is 2.02. The Morgan fingerprint density at radius 3 is 2.46 bits per heavy atom. The molecule has 0 bridgehead atoms. The minimum atomic E-state index is 0.0774. The lowest BCUT2D eigenvalue weighted by Crippen LogP contribution is -2.30. The molecule has 0 atom stereocenters. The van der Waals surface area contributed by atoms with E-state index in [2.05, 4.69) is 20.4 Å². The summed E-state index contributed by atoms with van der Waals surface area (Å²) in [5, 5.41) is 0. The van der Waals surface area contributed by atoms with Crippen LogP contribution >= 0.6 is 0 Å². The number of carbonyl (C=O) groups excluding carboxylic acids is 1. The van der Waals surface area contributed by atoms with Crippen molar-refractivity contribution in [2.24, 2.45) is 5.92 Å². The maximum Gasteiger partial charge on any atom is 0.249 e. The Kier molecular flexibility index (Phi) is 5.12. The van der Waals surface area contributed by atoms with Crippen molar-refractivity contribution in [2.45, 2.75) is 20.8 Å². The van der Waals surface area contributed by atoms with Gasteiger partial charge in [-0.05, 0) is 12.8 Å². The van der Waals surface area contributed by atoms with Crippen LogP contribution in [0.1, 0.15) is 20.8 Å². The molecule has 0 aromatic carbocycles. The van der Waals surface area contributed by atoms with Gasteiger partial charge in [0.15, 0.2) is 0 Å². The van der Waals surface area contributed by atoms with Crippen LogP contribution in [0.25, 0.3) is 0 Å². The number of amides is 1. The highest BCUT2D eigenvalue weighted by atomic mass is 16.2. The largest absolute Gasteiger partial charge is 0.342 e. The number of rotatable bonds is 4. The first-order valence-corrected chi connectivity index (χ1v) is 4.53. The summed E-state index contributed by atoms with van der Waals surface area (Å²) in [4.78, 5) is 13.3. The van der Waals surface area contributed by atoms with Gasteiger partial charge in [0, 0.05) is 19.2 Å². The molecule has 0 aromatic heterocycles. The fraction of sp³-hybridized carbons (Fsp3) is 0.545. The first-order valence-electron chi connectivity index (χ1n) is 4.53. The Morgan fingerprint density at radius 2 is 2.08 bits per heavy atom. The Bertz CT molecular complexity index is 216. The number of carbonyl (C=O) groups is 1. The van der Waals surface area contributed by atoms with Crippen molar-refractivity contribution in [1.82, 2.24) is 4.90 Å². The van der Waals surface area contributed by atoms with Gasteiger partial charge in [-0.15, -0.1) is 0 Å². The minimum absolute atomic E-state index is 0.0774. The zero-order chi connectivity index (χ0) is 10.4. The van der Waals surface area contributed by atoms with Crippen LogP contribution in [0, 0.1) is 5.92 Å². The van der Waals surface area contributed by atoms with Crippen molar-refractivity contribution in [1.29, 1.82) is 0 Å². The monoisotopic (exact) mass is 181 g/mol. The summed E-state index contributed by atoms with van der Waals surface area (Å²) >= 11 is 0. The van der Waals surface area contributed by atoms with Crippen LogP contribution in [-0.2, 0) is 4.79 Å². The number of hydrogen-bond acceptors (Lipinski definition) is 1. The summed E-state index contributed by atoms with van der Waals surface area (Å²) in [5.74, 6) is 0.582. The predicted molar refractivity (Wildman–Crippen MR) is 56.4 cm³/mol. The van der Waals surface area contributed by atoms with Crippen molar-refractivity contribution in [3.05, 3.63) is 24.3 Å².